The van der Waals surface area contributed by atoms with E-state index in [1.54, 1.807) is 0 Å². The van der Waals surface area contributed by atoms with Crippen molar-refractivity contribution in [1.82, 2.24) is 0 Å². The second kappa shape index (κ2) is 6.62. The minimum absolute atomic E-state index is 0.125. The van der Waals surface area contributed by atoms with Gasteiger partial charge in [-0.3, -0.25) is 0 Å². The van der Waals surface area contributed by atoms with Gasteiger partial charge in [0.05, 0.1) is 12.2 Å². The van der Waals surface area contributed by atoms with Crippen LogP contribution in [0.4, 0.5) is 0 Å². The van der Waals surface area contributed by atoms with Crippen LogP contribution in [0.25, 0.3) is 0 Å². The first kappa shape index (κ1) is 22.5. The Kier molecular flexibility index (Phi) is 4.80. The van der Waals surface area contributed by atoms with E-state index in [0.717, 1.165) is 18.3 Å². The molecule has 0 aliphatic heterocycles. The molecule has 2 nitrogen and oxygen atoms in total. The van der Waals surface area contributed by atoms with Crippen molar-refractivity contribution in [2.75, 3.05) is 0 Å². The van der Waals surface area contributed by atoms with Crippen LogP contribution < -0.4 is 0 Å². The smallest absolute Gasteiger partial charge is 0.0852 e. The number of rotatable bonds is 0. The molecular weight excluding hydrogens is 380 g/mol. The summed E-state index contributed by atoms with van der Waals surface area (Å²) >= 11 is 0. The first-order chi connectivity index (χ1) is 14.3. The highest BCUT2D eigenvalue weighted by Gasteiger charge is 2.68. The van der Waals surface area contributed by atoms with Crippen LogP contribution in [0, 0.1) is 50.7 Å². The number of fused-ring (bicyclic) bond motifs is 7. The van der Waals surface area contributed by atoms with Gasteiger partial charge in [0, 0.05) is 0 Å². The molecule has 2 heteroatoms. The molecule has 0 amide bonds. The first-order valence-electron chi connectivity index (χ1n) is 13.4. The summed E-state index contributed by atoms with van der Waals surface area (Å²) in [7, 11) is 0. The van der Waals surface area contributed by atoms with Gasteiger partial charge in [-0.15, -0.1) is 0 Å². The van der Waals surface area contributed by atoms with Crippen molar-refractivity contribution >= 4 is 0 Å². The Balaban J connectivity index is 1.55. The third-order valence-corrected chi connectivity index (χ3v) is 12.4. The zero-order valence-corrected chi connectivity index (χ0v) is 21.3. The molecule has 4 saturated carbocycles. The zero-order chi connectivity index (χ0) is 22.6. The SMILES string of the molecule is CC1(C)C=C2C(CC1)CCC1(C)C2CCC2C3(C)CC(O)C(O)C(C)(C)C3CCC21C. The van der Waals surface area contributed by atoms with Crippen LogP contribution in [0.3, 0.4) is 0 Å². The fraction of sp³-hybridized carbons (Fsp3) is 0.931. The van der Waals surface area contributed by atoms with Gasteiger partial charge in [-0.05, 0) is 109 Å². The lowest BCUT2D eigenvalue weighted by Crippen LogP contribution is -2.67. The third-order valence-electron chi connectivity index (χ3n) is 12.4. The van der Waals surface area contributed by atoms with E-state index in [1.807, 2.05) is 5.57 Å². The molecule has 0 aromatic rings. The summed E-state index contributed by atoms with van der Waals surface area (Å²) in [5.74, 6) is 2.74. The average Bonchev–Trinajstić information content (AvgIpc) is 2.66. The largest absolute Gasteiger partial charge is 0.390 e. The summed E-state index contributed by atoms with van der Waals surface area (Å²) < 4.78 is 0. The van der Waals surface area contributed by atoms with E-state index in [4.69, 9.17) is 0 Å². The lowest BCUT2D eigenvalue weighted by molar-refractivity contribution is -0.248. The number of hydrogen-bond acceptors (Lipinski definition) is 2. The van der Waals surface area contributed by atoms with Crippen LogP contribution in [0.5, 0.6) is 0 Å². The van der Waals surface area contributed by atoms with Crippen LogP contribution in [0.15, 0.2) is 11.6 Å². The summed E-state index contributed by atoms with van der Waals surface area (Å²) in [4.78, 5) is 0. The summed E-state index contributed by atoms with van der Waals surface area (Å²) in [5.41, 5.74) is 2.80. The van der Waals surface area contributed by atoms with E-state index in [0.29, 0.717) is 28.1 Å². The molecule has 0 aromatic heterocycles. The molecular formula is C29H48O2. The topological polar surface area (TPSA) is 40.5 Å². The molecule has 5 aliphatic rings. The highest BCUT2D eigenvalue weighted by molar-refractivity contribution is 5.28. The number of aliphatic hydroxyl groups excluding tert-OH is 2. The second-order valence-corrected chi connectivity index (χ2v) is 14.6. The van der Waals surface area contributed by atoms with E-state index in [-0.39, 0.29) is 10.8 Å². The highest BCUT2D eigenvalue weighted by Crippen LogP contribution is 2.75. The summed E-state index contributed by atoms with van der Waals surface area (Å²) in [6, 6.07) is 0. The zero-order valence-electron chi connectivity index (χ0n) is 21.3. The van der Waals surface area contributed by atoms with Crippen molar-refractivity contribution in [2.24, 2.45) is 50.7 Å². The third kappa shape index (κ3) is 2.82. The average molecular weight is 429 g/mol. The van der Waals surface area contributed by atoms with Crippen molar-refractivity contribution in [2.45, 2.75) is 118 Å². The molecule has 0 heterocycles. The minimum Gasteiger partial charge on any atom is -0.390 e. The standard InChI is InChI=1S/C29H48O2/c1-25(2)13-10-18-11-14-28(6)20(19(18)16-25)8-9-23-27(5)17-21(30)24(31)26(3,4)22(27)12-15-29(23,28)7/h16,18,20-24,30-31H,8-15,17H2,1-7H3. The van der Waals surface area contributed by atoms with Gasteiger partial charge in [0.15, 0.2) is 0 Å². The molecule has 2 N–H and O–H groups in total. The van der Waals surface area contributed by atoms with E-state index >= 15 is 0 Å². The Morgan fingerprint density at radius 1 is 0.742 bits per heavy atom. The van der Waals surface area contributed by atoms with Gasteiger partial charge >= 0.3 is 0 Å². The van der Waals surface area contributed by atoms with Crippen LogP contribution in [-0.4, -0.2) is 22.4 Å². The fourth-order valence-electron chi connectivity index (χ4n) is 10.6. The van der Waals surface area contributed by atoms with Crippen molar-refractivity contribution < 1.29 is 10.2 Å². The number of hydrogen-bond donors (Lipinski definition) is 2. The molecule has 4 fully saturated rings. The molecule has 0 radical (unpaired) electrons. The lowest BCUT2D eigenvalue weighted by atomic mass is 9.33. The van der Waals surface area contributed by atoms with Crippen LogP contribution in [0.1, 0.15) is 106 Å². The maximum absolute atomic E-state index is 10.9. The van der Waals surface area contributed by atoms with Crippen LogP contribution in [0.2, 0.25) is 0 Å². The van der Waals surface area contributed by atoms with E-state index in [2.05, 4.69) is 54.5 Å². The predicted molar refractivity (Wildman–Crippen MR) is 127 cm³/mol. The summed E-state index contributed by atoms with van der Waals surface area (Å²) in [6.07, 6.45) is 12.9. The van der Waals surface area contributed by atoms with Crippen molar-refractivity contribution in [1.29, 1.82) is 0 Å². The molecule has 5 rings (SSSR count). The van der Waals surface area contributed by atoms with Crippen molar-refractivity contribution in [3.63, 3.8) is 0 Å². The summed E-state index contributed by atoms with van der Waals surface area (Å²) in [5, 5.41) is 21.8. The fourth-order valence-corrected chi connectivity index (χ4v) is 10.6. The molecule has 0 saturated heterocycles. The van der Waals surface area contributed by atoms with Gasteiger partial charge < -0.3 is 10.2 Å². The molecule has 9 atom stereocenters. The quantitative estimate of drug-likeness (QED) is 0.419. The molecule has 31 heavy (non-hydrogen) atoms. The Morgan fingerprint density at radius 3 is 2.10 bits per heavy atom. The predicted octanol–water partition coefficient (Wildman–Crippen LogP) is 6.75. The Bertz CT molecular complexity index is 780. The van der Waals surface area contributed by atoms with Gasteiger partial charge in [0.25, 0.3) is 0 Å². The first-order valence-corrected chi connectivity index (χ1v) is 13.4. The molecule has 176 valence electrons. The monoisotopic (exact) mass is 428 g/mol. The van der Waals surface area contributed by atoms with E-state index in [9.17, 15) is 10.2 Å². The van der Waals surface area contributed by atoms with Crippen molar-refractivity contribution in [3.8, 4) is 0 Å². The number of aliphatic hydroxyl groups is 2. The Labute approximate surface area is 191 Å². The van der Waals surface area contributed by atoms with Gasteiger partial charge in [0.2, 0.25) is 0 Å². The molecule has 9 unspecified atom stereocenters. The van der Waals surface area contributed by atoms with Gasteiger partial charge in [0.1, 0.15) is 0 Å². The van der Waals surface area contributed by atoms with Crippen LogP contribution in [-0.2, 0) is 0 Å². The highest BCUT2D eigenvalue weighted by atomic mass is 16.3. The van der Waals surface area contributed by atoms with E-state index < -0.39 is 12.2 Å². The minimum atomic E-state index is -0.591. The van der Waals surface area contributed by atoms with Crippen LogP contribution >= 0.6 is 0 Å². The maximum Gasteiger partial charge on any atom is 0.0852 e. The molecule has 5 aliphatic carbocycles. The Hall–Kier alpha value is -0.340. The lowest BCUT2D eigenvalue weighted by Gasteiger charge is -2.72. The Morgan fingerprint density at radius 2 is 1.39 bits per heavy atom. The van der Waals surface area contributed by atoms with Gasteiger partial charge in [-0.2, -0.15) is 0 Å². The van der Waals surface area contributed by atoms with Gasteiger partial charge in [-0.25, -0.2) is 0 Å². The summed E-state index contributed by atoms with van der Waals surface area (Å²) in [6.45, 7) is 17.1. The molecule has 0 spiro atoms. The van der Waals surface area contributed by atoms with E-state index in [1.165, 1.54) is 51.4 Å². The molecule has 0 aromatic carbocycles. The van der Waals surface area contributed by atoms with Gasteiger partial charge in [-0.1, -0.05) is 60.1 Å². The second-order valence-electron chi connectivity index (χ2n) is 14.6. The number of allylic oxidation sites excluding steroid dienone is 2. The maximum atomic E-state index is 10.9. The normalized spacial score (nSPS) is 55.2. The molecule has 0 bridgehead atoms. The van der Waals surface area contributed by atoms with Crippen molar-refractivity contribution in [3.05, 3.63) is 11.6 Å².